The number of aliphatic carboxylic acids is 1. The van der Waals surface area contributed by atoms with Gasteiger partial charge in [-0.25, -0.2) is 0 Å². The van der Waals surface area contributed by atoms with Crippen molar-refractivity contribution in [2.45, 2.75) is 39.5 Å². The molecular weight excluding hydrogens is 230 g/mol. The fourth-order valence-corrected chi connectivity index (χ4v) is 1.85. The minimum atomic E-state index is -0.962. The molecule has 0 saturated heterocycles. The number of nitrogens with one attached hydrogen (secondary N) is 1. The maximum absolute atomic E-state index is 11.5. The summed E-state index contributed by atoms with van der Waals surface area (Å²) in [5.74, 6) is -0.785. The molecule has 98 valence electrons. The van der Waals surface area contributed by atoms with Crippen molar-refractivity contribution >= 4 is 17.6 Å². The molecule has 0 aliphatic heterocycles. The summed E-state index contributed by atoms with van der Waals surface area (Å²) in [7, 11) is 0. The quantitative estimate of drug-likeness (QED) is 0.843. The van der Waals surface area contributed by atoms with Gasteiger partial charge in [0.2, 0.25) is 5.91 Å². The fourth-order valence-electron chi connectivity index (χ4n) is 1.85. The number of carboxylic acids is 1. The molecule has 0 fully saturated rings. The van der Waals surface area contributed by atoms with Crippen molar-refractivity contribution in [3.63, 3.8) is 0 Å². The molecule has 0 saturated carbocycles. The predicted octanol–water partition coefficient (Wildman–Crippen LogP) is 2.92. The van der Waals surface area contributed by atoms with Crippen LogP contribution in [0, 0.1) is 6.92 Å². The molecule has 1 rings (SSSR count). The lowest BCUT2D eigenvalue weighted by atomic mass is 9.98. The summed E-state index contributed by atoms with van der Waals surface area (Å²) in [5, 5.41) is 11.2. The van der Waals surface area contributed by atoms with Crippen LogP contribution < -0.4 is 5.32 Å². The first kappa shape index (κ1) is 14.2. The Morgan fingerprint density at radius 2 is 1.94 bits per heavy atom. The van der Waals surface area contributed by atoms with Crippen molar-refractivity contribution in [3.8, 4) is 0 Å². The molecular formula is C14H19NO3. The molecule has 0 spiro atoms. The van der Waals surface area contributed by atoms with Crippen LogP contribution in [0.4, 0.5) is 5.69 Å². The first-order valence-electron chi connectivity index (χ1n) is 6.02. The van der Waals surface area contributed by atoms with Crippen molar-refractivity contribution in [1.82, 2.24) is 0 Å². The molecule has 0 heterocycles. The van der Waals surface area contributed by atoms with E-state index < -0.39 is 5.97 Å². The molecule has 0 aliphatic carbocycles. The van der Waals surface area contributed by atoms with Gasteiger partial charge in [-0.15, -0.1) is 0 Å². The Morgan fingerprint density at radius 1 is 1.28 bits per heavy atom. The summed E-state index contributed by atoms with van der Waals surface area (Å²) < 4.78 is 0. The number of amides is 1. The van der Waals surface area contributed by atoms with Crippen LogP contribution in [-0.2, 0) is 9.59 Å². The average Bonchev–Trinajstić information content (AvgIpc) is 2.26. The molecule has 1 aromatic rings. The number of rotatable bonds is 5. The van der Waals surface area contributed by atoms with E-state index in [0.717, 1.165) is 5.56 Å². The van der Waals surface area contributed by atoms with Crippen molar-refractivity contribution in [2.75, 3.05) is 5.32 Å². The van der Waals surface area contributed by atoms with Gasteiger partial charge in [0, 0.05) is 12.1 Å². The summed E-state index contributed by atoms with van der Waals surface area (Å²) in [6.45, 7) is 6.24. The van der Waals surface area contributed by atoms with Crippen LogP contribution in [0.15, 0.2) is 18.2 Å². The van der Waals surface area contributed by atoms with Gasteiger partial charge in [0.25, 0.3) is 0 Å². The normalized spacial score (nSPS) is 10.4. The highest BCUT2D eigenvalue weighted by molar-refractivity contribution is 5.92. The zero-order chi connectivity index (χ0) is 13.7. The molecule has 0 atom stereocenters. The molecule has 0 bridgehead atoms. The minimum absolute atomic E-state index is 0.000310. The second-order valence-corrected chi connectivity index (χ2v) is 4.67. The number of hydrogen-bond donors (Lipinski definition) is 2. The van der Waals surface area contributed by atoms with Gasteiger partial charge >= 0.3 is 5.97 Å². The average molecular weight is 249 g/mol. The number of carbonyl (C=O) groups excluding carboxylic acids is 1. The number of benzene rings is 1. The molecule has 0 aromatic heterocycles. The number of hydrogen-bond acceptors (Lipinski definition) is 2. The van der Waals surface area contributed by atoms with E-state index in [1.54, 1.807) is 0 Å². The van der Waals surface area contributed by atoms with E-state index in [0.29, 0.717) is 11.6 Å². The summed E-state index contributed by atoms with van der Waals surface area (Å²) in [6, 6.07) is 5.75. The van der Waals surface area contributed by atoms with Gasteiger partial charge in [-0.05, 0) is 36.1 Å². The molecule has 1 aromatic carbocycles. The van der Waals surface area contributed by atoms with Crippen LogP contribution in [0.25, 0.3) is 0 Å². The Kier molecular flexibility index (Phi) is 4.89. The van der Waals surface area contributed by atoms with E-state index in [4.69, 9.17) is 5.11 Å². The fraction of sp³-hybridized carbons (Fsp3) is 0.429. The topological polar surface area (TPSA) is 66.4 Å². The Bertz CT molecular complexity index is 452. The SMILES string of the molecule is Cc1cc(NC(=O)CCC(=O)O)ccc1C(C)C. The predicted molar refractivity (Wildman–Crippen MR) is 70.8 cm³/mol. The summed E-state index contributed by atoms with van der Waals surface area (Å²) in [6.07, 6.45) is -0.144. The zero-order valence-corrected chi connectivity index (χ0v) is 11.0. The Labute approximate surface area is 107 Å². The summed E-state index contributed by atoms with van der Waals surface area (Å²) >= 11 is 0. The lowest BCUT2D eigenvalue weighted by Gasteiger charge is -2.12. The lowest BCUT2D eigenvalue weighted by Crippen LogP contribution is -2.13. The standard InChI is InChI=1S/C14H19NO3/c1-9(2)12-5-4-11(8-10(12)3)15-13(16)6-7-14(17)18/h4-5,8-9H,6-7H2,1-3H3,(H,15,16)(H,17,18). The molecule has 4 heteroatoms. The molecule has 0 aliphatic rings. The molecule has 2 N–H and O–H groups in total. The lowest BCUT2D eigenvalue weighted by molar-refractivity contribution is -0.138. The maximum Gasteiger partial charge on any atom is 0.303 e. The van der Waals surface area contributed by atoms with Crippen molar-refractivity contribution in [3.05, 3.63) is 29.3 Å². The Morgan fingerprint density at radius 3 is 2.44 bits per heavy atom. The zero-order valence-electron chi connectivity index (χ0n) is 11.0. The van der Waals surface area contributed by atoms with E-state index in [-0.39, 0.29) is 18.7 Å². The monoisotopic (exact) mass is 249 g/mol. The van der Waals surface area contributed by atoms with E-state index in [1.165, 1.54) is 5.56 Å². The largest absolute Gasteiger partial charge is 0.481 e. The highest BCUT2D eigenvalue weighted by Gasteiger charge is 2.08. The van der Waals surface area contributed by atoms with E-state index >= 15 is 0 Å². The maximum atomic E-state index is 11.5. The summed E-state index contributed by atoms with van der Waals surface area (Å²) in [5.41, 5.74) is 3.09. The van der Waals surface area contributed by atoms with Crippen molar-refractivity contribution in [1.29, 1.82) is 0 Å². The molecule has 4 nitrogen and oxygen atoms in total. The second kappa shape index (κ2) is 6.19. The molecule has 18 heavy (non-hydrogen) atoms. The van der Waals surface area contributed by atoms with Gasteiger partial charge in [0.1, 0.15) is 0 Å². The minimum Gasteiger partial charge on any atom is -0.481 e. The van der Waals surface area contributed by atoms with Crippen LogP contribution in [0.1, 0.15) is 43.7 Å². The van der Waals surface area contributed by atoms with Gasteiger partial charge < -0.3 is 10.4 Å². The smallest absolute Gasteiger partial charge is 0.303 e. The summed E-state index contributed by atoms with van der Waals surface area (Å²) in [4.78, 5) is 21.8. The third kappa shape index (κ3) is 4.20. The van der Waals surface area contributed by atoms with E-state index in [2.05, 4.69) is 19.2 Å². The van der Waals surface area contributed by atoms with Gasteiger partial charge in [-0.3, -0.25) is 9.59 Å². The van der Waals surface area contributed by atoms with Gasteiger partial charge in [0.15, 0.2) is 0 Å². The van der Waals surface area contributed by atoms with E-state index in [1.807, 2.05) is 25.1 Å². The number of anilines is 1. The first-order valence-corrected chi connectivity index (χ1v) is 6.02. The van der Waals surface area contributed by atoms with Gasteiger partial charge in [-0.2, -0.15) is 0 Å². The molecule has 0 unspecified atom stereocenters. The van der Waals surface area contributed by atoms with E-state index in [9.17, 15) is 9.59 Å². The molecule has 0 radical (unpaired) electrons. The van der Waals surface area contributed by atoms with Gasteiger partial charge in [-0.1, -0.05) is 19.9 Å². The number of aryl methyl sites for hydroxylation is 1. The number of carboxylic acid groups (broad SMARTS) is 1. The second-order valence-electron chi connectivity index (χ2n) is 4.67. The van der Waals surface area contributed by atoms with Crippen LogP contribution >= 0.6 is 0 Å². The van der Waals surface area contributed by atoms with Crippen LogP contribution in [-0.4, -0.2) is 17.0 Å². The third-order valence-corrected chi connectivity index (χ3v) is 2.74. The highest BCUT2D eigenvalue weighted by atomic mass is 16.4. The van der Waals surface area contributed by atoms with Crippen molar-refractivity contribution in [2.24, 2.45) is 0 Å². The van der Waals surface area contributed by atoms with Crippen LogP contribution in [0.5, 0.6) is 0 Å². The Balaban J connectivity index is 2.66. The highest BCUT2D eigenvalue weighted by Crippen LogP contribution is 2.22. The third-order valence-electron chi connectivity index (χ3n) is 2.74. The first-order chi connectivity index (χ1) is 8.40. The van der Waals surface area contributed by atoms with Crippen molar-refractivity contribution < 1.29 is 14.7 Å². The Hall–Kier alpha value is -1.84. The number of carbonyl (C=O) groups is 2. The van der Waals surface area contributed by atoms with Crippen LogP contribution in [0.2, 0.25) is 0 Å². The van der Waals surface area contributed by atoms with Crippen LogP contribution in [0.3, 0.4) is 0 Å². The molecule has 1 amide bonds. The van der Waals surface area contributed by atoms with Gasteiger partial charge in [0.05, 0.1) is 6.42 Å².